The zero-order valence-corrected chi connectivity index (χ0v) is 18.1. The molecule has 0 aliphatic heterocycles. The highest BCUT2D eigenvalue weighted by Gasteiger charge is 2.12. The van der Waals surface area contributed by atoms with Crippen molar-refractivity contribution in [1.82, 2.24) is 15.0 Å². The normalized spacial score (nSPS) is 10.9. The fourth-order valence-electron chi connectivity index (χ4n) is 2.49. The van der Waals surface area contributed by atoms with E-state index in [9.17, 15) is 8.42 Å². The molecule has 3 aromatic carbocycles. The summed E-state index contributed by atoms with van der Waals surface area (Å²) in [6.07, 6.45) is 0. The van der Waals surface area contributed by atoms with Crippen LogP contribution in [0.25, 0.3) is 10.8 Å². The van der Waals surface area contributed by atoms with E-state index in [0.717, 1.165) is 5.39 Å². The van der Waals surface area contributed by atoms with Crippen LogP contribution in [0.5, 0.6) is 0 Å². The molecule has 2 N–H and O–H groups in total. The molecule has 4 aromatic rings. The Balaban J connectivity index is 0.000000172. The molecule has 0 radical (unpaired) electrons. The molecule has 30 heavy (non-hydrogen) atoms. The highest BCUT2D eigenvalue weighted by atomic mass is 35.5. The second kappa shape index (κ2) is 9.55. The molecule has 0 aliphatic carbocycles. The number of nitrogens with zero attached hydrogens (tertiary/aromatic N) is 3. The maximum Gasteiger partial charge on any atom is 0.295 e. The lowest BCUT2D eigenvalue weighted by Gasteiger charge is -2.06. The molecule has 7 nitrogen and oxygen atoms in total. The number of aromatic nitrogens is 3. The van der Waals surface area contributed by atoms with Gasteiger partial charge < -0.3 is 5.32 Å². The molecular weight excluding hydrogens is 471 g/mol. The Hall–Kier alpha value is -2.49. The number of para-hydroxylation sites is 1. The Morgan fingerprint density at radius 2 is 1.37 bits per heavy atom. The van der Waals surface area contributed by atoms with Crippen molar-refractivity contribution in [3.8, 4) is 0 Å². The van der Waals surface area contributed by atoms with E-state index >= 15 is 0 Å². The first kappa shape index (κ1) is 22.2. The van der Waals surface area contributed by atoms with E-state index in [-0.39, 0.29) is 21.4 Å². The van der Waals surface area contributed by atoms with Crippen LogP contribution in [0.3, 0.4) is 0 Å². The summed E-state index contributed by atoms with van der Waals surface area (Å²) in [7, 11) is -4.13. The first-order chi connectivity index (χ1) is 14.2. The zero-order chi connectivity index (χ0) is 21.7. The SMILES string of the molecule is Clc1nc(Cl)nc(Nc2ccccc2Cl)n1.O=S(=O)(O)c1cccc2ccccc12. The summed E-state index contributed by atoms with van der Waals surface area (Å²) in [6.45, 7) is 0. The average Bonchev–Trinajstić information content (AvgIpc) is 2.68. The van der Waals surface area contributed by atoms with E-state index < -0.39 is 10.1 Å². The number of nitrogens with one attached hydrogen (secondary N) is 1. The molecule has 0 saturated carbocycles. The Morgan fingerprint density at radius 3 is 2.03 bits per heavy atom. The summed E-state index contributed by atoms with van der Waals surface area (Å²) in [4.78, 5) is 11.3. The molecule has 0 spiro atoms. The number of fused-ring (bicyclic) bond motifs is 1. The lowest BCUT2D eigenvalue weighted by atomic mass is 10.1. The molecule has 0 amide bonds. The third-order valence-electron chi connectivity index (χ3n) is 3.73. The number of rotatable bonds is 3. The molecule has 0 unspecified atom stereocenters. The van der Waals surface area contributed by atoms with Crippen LogP contribution in [0.1, 0.15) is 0 Å². The number of hydrogen-bond donors (Lipinski definition) is 2. The van der Waals surface area contributed by atoms with Gasteiger partial charge in [0.1, 0.15) is 4.90 Å². The first-order valence-electron chi connectivity index (χ1n) is 8.28. The lowest BCUT2D eigenvalue weighted by molar-refractivity contribution is 0.484. The maximum absolute atomic E-state index is 11.0. The summed E-state index contributed by atoms with van der Waals surface area (Å²) in [5, 5.41) is 4.82. The molecular formula is C19H13Cl3N4O3S. The number of hydrogen-bond acceptors (Lipinski definition) is 6. The van der Waals surface area contributed by atoms with Crippen LogP contribution in [0.4, 0.5) is 11.6 Å². The standard InChI is InChI=1S/C10H8O3S.C9H5Cl3N4/c11-14(12,13)10-7-3-5-8-4-1-2-6-9(8)10;10-5-3-1-2-4-6(5)13-9-15-7(11)14-8(12)16-9/h1-7H,(H,11,12,13);1-4H,(H,13,14,15,16). The van der Waals surface area contributed by atoms with Crippen LogP contribution >= 0.6 is 34.8 Å². The predicted molar refractivity (Wildman–Crippen MR) is 118 cm³/mol. The van der Waals surface area contributed by atoms with E-state index in [0.29, 0.717) is 16.1 Å². The van der Waals surface area contributed by atoms with Crippen LogP contribution in [-0.2, 0) is 10.1 Å². The lowest BCUT2D eigenvalue weighted by Crippen LogP contribution is -1.99. The van der Waals surface area contributed by atoms with Gasteiger partial charge in [0.25, 0.3) is 10.1 Å². The van der Waals surface area contributed by atoms with Crippen molar-refractivity contribution in [2.45, 2.75) is 4.90 Å². The Bertz CT molecular complexity index is 1280. The van der Waals surface area contributed by atoms with Crippen LogP contribution in [0, 0.1) is 0 Å². The van der Waals surface area contributed by atoms with Gasteiger partial charge in [-0.3, -0.25) is 4.55 Å². The molecule has 0 fully saturated rings. The molecule has 0 aliphatic rings. The van der Waals surface area contributed by atoms with Gasteiger partial charge in [0.2, 0.25) is 16.5 Å². The zero-order valence-electron chi connectivity index (χ0n) is 15.0. The molecule has 0 bridgehead atoms. The van der Waals surface area contributed by atoms with E-state index in [4.69, 9.17) is 39.4 Å². The fraction of sp³-hybridized carbons (Fsp3) is 0. The van der Waals surface area contributed by atoms with Gasteiger partial charge in [-0.1, -0.05) is 60.1 Å². The van der Waals surface area contributed by atoms with E-state index in [1.54, 1.807) is 42.5 Å². The van der Waals surface area contributed by atoms with Crippen LogP contribution in [-0.4, -0.2) is 27.9 Å². The predicted octanol–water partition coefficient (Wildman–Crippen LogP) is 5.66. The van der Waals surface area contributed by atoms with Crippen LogP contribution in [0.15, 0.2) is 71.6 Å². The van der Waals surface area contributed by atoms with Crippen molar-refractivity contribution >= 4 is 67.3 Å². The molecule has 11 heteroatoms. The number of benzene rings is 3. The first-order valence-corrected chi connectivity index (χ1v) is 10.9. The molecule has 4 rings (SSSR count). The van der Waals surface area contributed by atoms with Crippen molar-refractivity contribution in [2.75, 3.05) is 5.32 Å². The maximum atomic E-state index is 11.0. The van der Waals surface area contributed by atoms with Gasteiger partial charge in [-0.2, -0.15) is 23.4 Å². The minimum atomic E-state index is -4.13. The van der Waals surface area contributed by atoms with Gasteiger partial charge in [-0.25, -0.2) is 0 Å². The summed E-state index contributed by atoms with van der Waals surface area (Å²) in [6, 6.07) is 19.0. The van der Waals surface area contributed by atoms with Crippen molar-refractivity contribution in [3.63, 3.8) is 0 Å². The van der Waals surface area contributed by atoms with Crippen LogP contribution < -0.4 is 5.32 Å². The minimum absolute atomic E-state index is 0.0227. The summed E-state index contributed by atoms with van der Waals surface area (Å²) >= 11 is 17.2. The van der Waals surface area contributed by atoms with Gasteiger partial charge in [0.15, 0.2) is 0 Å². The Labute approximate surface area is 187 Å². The van der Waals surface area contributed by atoms with Crippen LogP contribution in [0.2, 0.25) is 15.6 Å². The number of anilines is 2. The van der Waals surface area contributed by atoms with Crippen molar-refractivity contribution in [3.05, 3.63) is 82.3 Å². The summed E-state index contributed by atoms with van der Waals surface area (Å²) < 4.78 is 31.0. The Kier molecular flexibility index (Phi) is 7.06. The third kappa shape index (κ3) is 5.78. The van der Waals surface area contributed by atoms with Crippen molar-refractivity contribution in [2.24, 2.45) is 0 Å². The molecule has 1 aromatic heterocycles. The molecule has 0 atom stereocenters. The minimum Gasteiger partial charge on any atom is -0.323 e. The third-order valence-corrected chi connectivity index (χ3v) is 5.31. The highest BCUT2D eigenvalue weighted by molar-refractivity contribution is 7.86. The molecule has 1 heterocycles. The van der Waals surface area contributed by atoms with E-state index in [1.165, 1.54) is 6.07 Å². The quantitative estimate of drug-likeness (QED) is 0.362. The summed E-state index contributed by atoms with van der Waals surface area (Å²) in [5.41, 5.74) is 0.669. The van der Waals surface area contributed by atoms with Gasteiger partial charge >= 0.3 is 0 Å². The van der Waals surface area contributed by atoms with Crippen molar-refractivity contribution < 1.29 is 13.0 Å². The Morgan fingerprint density at radius 1 is 0.767 bits per heavy atom. The summed E-state index contributed by atoms with van der Waals surface area (Å²) in [5.74, 6) is 0.248. The monoisotopic (exact) mass is 482 g/mol. The molecule has 154 valence electrons. The molecule has 0 saturated heterocycles. The highest BCUT2D eigenvalue weighted by Crippen LogP contribution is 2.24. The van der Waals surface area contributed by atoms with Gasteiger partial charge in [-0.05, 0) is 46.8 Å². The average molecular weight is 484 g/mol. The van der Waals surface area contributed by atoms with Gasteiger partial charge in [0, 0.05) is 5.39 Å². The second-order valence-electron chi connectivity index (χ2n) is 5.75. The fourth-order valence-corrected chi connectivity index (χ4v) is 3.75. The smallest absolute Gasteiger partial charge is 0.295 e. The van der Waals surface area contributed by atoms with E-state index in [2.05, 4.69) is 20.3 Å². The van der Waals surface area contributed by atoms with Gasteiger partial charge in [-0.15, -0.1) is 0 Å². The van der Waals surface area contributed by atoms with Gasteiger partial charge in [0.05, 0.1) is 10.7 Å². The largest absolute Gasteiger partial charge is 0.323 e. The number of halogens is 3. The van der Waals surface area contributed by atoms with E-state index in [1.807, 2.05) is 18.2 Å². The van der Waals surface area contributed by atoms with Crippen molar-refractivity contribution in [1.29, 1.82) is 0 Å². The second-order valence-corrected chi connectivity index (χ2v) is 8.23. The topological polar surface area (TPSA) is 105 Å².